The van der Waals surface area contributed by atoms with E-state index >= 15 is 0 Å². The van der Waals surface area contributed by atoms with Crippen LogP contribution in [0.25, 0.3) is 0 Å². The molecule has 1 atom stereocenters. The monoisotopic (exact) mass is 342 g/mol. The Labute approximate surface area is 143 Å². The van der Waals surface area contributed by atoms with Gasteiger partial charge in [0.1, 0.15) is 0 Å². The fourth-order valence-electron chi connectivity index (χ4n) is 3.08. The average molecular weight is 343 g/mol. The fourth-order valence-corrected chi connectivity index (χ4v) is 3.38. The van der Waals surface area contributed by atoms with Gasteiger partial charge < -0.3 is 14.6 Å². The molecular weight excluding hydrogens is 316 g/mol. The Bertz CT molecular complexity index is 501. The summed E-state index contributed by atoms with van der Waals surface area (Å²) >= 11 is 6.46. The van der Waals surface area contributed by atoms with Gasteiger partial charge in [0.25, 0.3) is 0 Å². The van der Waals surface area contributed by atoms with Crippen LogP contribution in [0.3, 0.4) is 0 Å². The van der Waals surface area contributed by atoms with Crippen LogP contribution in [0.15, 0.2) is 12.1 Å². The van der Waals surface area contributed by atoms with Crippen LogP contribution in [-0.2, 0) is 6.54 Å². The molecule has 0 bridgehead atoms. The highest BCUT2D eigenvalue weighted by Gasteiger charge is 2.23. The van der Waals surface area contributed by atoms with E-state index in [-0.39, 0.29) is 12.6 Å². The van der Waals surface area contributed by atoms with Gasteiger partial charge in [-0.05, 0) is 18.1 Å². The molecule has 130 valence electrons. The second-order valence-corrected chi connectivity index (χ2v) is 6.21. The van der Waals surface area contributed by atoms with Crippen molar-refractivity contribution < 1.29 is 14.6 Å². The van der Waals surface area contributed by atoms with E-state index < -0.39 is 0 Å². The zero-order chi connectivity index (χ0) is 16.8. The van der Waals surface area contributed by atoms with Gasteiger partial charge >= 0.3 is 0 Å². The molecule has 1 fully saturated rings. The number of piperazine rings is 1. The summed E-state index contributed by atoms with van der Waals surface area (Å²) in [6, 6.07) is 4.18. The number of aliphatic hydroxyl groups is 1. The second kappa shape index (κ2) is 8.73. The maximum Gasteiger partial charge on any atom is 0.179 e. The van der Waals surface area contributed by atoms with Gasteiger partial charge in [0, 0.05) is 38.8 Å². The quantitative estimate of drug-likeness (QED) is 0.823. The fraction of sp³-hybridized carbons (Fsp3) is 0.647. The lowest BCUT2D eigenvalue weighted by Gasteiger charge is -2.38. The maximum atomic E-state index is 9.42. The minimum absolute atomic E-state index is 0.234. The van der Waals surface area contributed by atoms with Gasteiger partial charge in [-0.3, -0.25) is 9.80 Å². The first-order valence-electron chi connectivity index (χ1n) is 8.11. The first-order valence-corrected chi connectivity index (χ1v) is 8.49. The molecule has 1 aromatic carbocycles. The molecule has 0 amide bonds. The minimum Gasteiger partial charge on any atom is -0.493 e. The Morgan fingerprint density at radius 3 is 2.39 bits per heavy atom. The number of hydrogen-bond donors (Lipinski definition) is 1. The third-order valence-corrected chi connectivity index (χ3v) is 4.98. The molecular formula is C17H27ClN2O3. The Morgan fingerprint density at radius 2 is 1.87 bits per heavy atom. The molecule has 1 aromatic rings. The molecule has 1 aliphatic rings. The summed E-state index contributed by atoms with van der Waals surface area (Å²) in [7, 11) is 3.21. The molecule has 0 radical (unpaired) electrons. The SMILES string of the molecule is CCC(CO)N1CCN(Cc2ccc(OC)c(OC)c2Cl)CC1. The Balaban J connectivity index is 1.99. The maximum absolute atomic E-state index is 9.42. The van der Waals surface area contributed by atoms with Crippen molar-refractivity contribution in [3.05, 3.63) is 22.7 Å². The molecule has 5 nitrogen and oxygen atoms in total. The standard InChI is InChI=1S/C17H27ClN2O3/c1-4-14(12-21)20-9-7-19(8-10-20)11-13-5-6-15(22-2)17(23-3)16(13)18/h5-6,14,21H,4,7-12H2,1-3H3. The van der Waals surface area contributed by atoms with Crippen molar-refractivity contribution in [2.45, 2.75) is 25.9 Å². The van der Waals surface area contributed by atoms with Crippen LogP contribution in [0.1, 0.15) is 18.9 Å². The molecule has 0 saturated carbocycles. The van der Waals surface area contributed by atoms with Crippen molar-refractivity contribution in [3.63, 3.8) is 0 Å². The summed E-state index contributed by atoms with van der Waals surface area (Å²) in [6.45, 7) is 7.05. The lowest BCUT2D eigenvalue weighted by Crippen LogP contribution is -2.50. The van der Waals surface area contributed by atoms with E-state index in [1.807, 2.05) is 12.1 Å². The summed E-state index contributed by atoms with van der Waals surface area (Å²) in [5, 5.41) is 10.0. The molecule has 1 saturated heterocycles. The van der Waals surface area contributed by atoms with Crippen LogP contribution in [0.2, 0.25) is 5.02 Å². The average Bonchev–Trinajstić information content (AvgIpc) is 2.59. The molecule has 1 unspecified atom stereocenters. The van der Waals surface area contributed by atoms with E-state index in [4.69, 9.17) is 21.1 Å². The summed E-state index contributed by atoms with van der Waals surface area (Å²) in [5.74, 6) is 1.25. The van der Waals surface area contributed by atoms with Crippen molar-refractivity contribution in [3.8, 4) is 11.5 Å². The van der Waals surface area contributed by atoms with Crippen LogP contribution < -0.4 is 9.47 Å². The van der Waals surface area contributed by atoms with Gasteiger partial charge in [0.05, 0.1) is 25.8 Å². The van der Waals surface area contributed by atoms with E-state index in [0.717, 1.165) is 44.7 Å². The first-order chi connectivity index (χ1) is 11.1. The van der Waals surface area contributed by atoms with Crippen molar-refractivity contribution in [1.29, 1.82) is 0 Å². The van der Waals surface area contributed by atoms with Crippen molar-refractivity contribution >= 4 is 11.6 Å². The second-order valence-electron chi connectivity index (χ2n) is 5.83. The molecule has 0 spiro atoms. The van der Waals surface area contributed by atoms with Gasteiger partial charge in [-0.1, -0.05) is 24.6 Å². The zero-order valence-electron chi connectivity index (χ0n) is 14.2. The van der Waals surface area contributed by atoms with E-state index in [2.05, 4.69) is 16.7 Å². The number of aliphatic hydroxyl groups excluding tert-OH is 1. The normalized spacial score (nSPS) is 18.0. The van der Waals surface area contributed by atoms with Crippen LogP contribution in [0.5, 0.6) is 11.5 Å². The number of rotatable bonds is 7. The zero-order valence-corrected chi connectivity index (χ0v) is 15.0. The highest BCUT2D eigenvalue weighted by Crippen LogP contribution is 2.37. The third kappa shape index (κ3) is 4.29. The third-order valence-electron chi connectivity index (χ3n) is 4.56. The predicted molar refractivity (Wildman–Crippen MR) is 92.6 cm³/mol. The molecule has 1 N–H and O–H groups in total. The highest BCUT2D eigenvalue weighted by atomic mass is 35.5. The number of methoxy groups -OCH3 is 2. The van der Waals surface area contributed by atoms with Gasteiger partial charge in [-0.25, -0.2) is 0 Å². The van der Waals surface area contributed by atoms with Crippen LogP contribution in [0.4, 0.5) is 0 Å². The van der Waals surface area contributed by atoms with Crippen molar-refractivity contribution in [1.82, 2.24) is 9.80 Å². The van der Waals surface area contributed by atoms with E-state index in [1.54, 1.807) is 14.2 Å². The minimum atomic E-state index is 0.234. The number of nitrogens with zero attached hydrogens (tertiary/aromatic N) is 2. The Hall–Kier alpha value is -1.01. The Morgan fingerprint density at radius 1 is 1.17 bits per heavy atom. The molecule has 1 aliphatic heterocycles. The number of hydrogen-bond acceptors (Lipinski definition) is 5. The van der Waals surface area contributed by atoms with Gasteiger partial charge in [0.2, 0.25) is 0 Å². The smallest absolute Gasteiger partial charge is 0.179 e. The summed E-state index contributed by atoms with van der Waals surface area (Å²) < 4.78 is 10.6. The van der Waals surface area contributed by atoms with Crippen LogP contribution >= 0.6 is 11.6 Å². The van der Waals surface area contributed by atoms with Gasteiger partial charge in [-0.15, -0.1) is 0 Å². The molecule has 0 aliphatic carbocycles. The largest absolute Gasteiger partial charge is 0.493 e. The van der Waals surface area contributed by atoms with Gasteiger partial charge in [-0.2, -0.15) is 0 Å². The highest BCUT2D eigenvalue weighted by molar-refractivity contribution is 6.33. The van der Waals surface area contributed by atoms with Crippen LogP contribution in [0, 0.1) is 0 Å². The van der Waals surface area contributed by atoms with Crippen LogP contribution in [-0.4, -0.2) is 68.0 Å². The summed E-state index contributed by atoms with van der Waals surface area (Å²) in [6.07, 6.45) is 0.984. The number of ether oxygens (including phenoxy) is 2. The first kappa shape index (κ1) is 18.3. The summed E-state index contributed by atoms with van der Waals surface area (Å²) in [5.41, 5.74) is 1.05. The Kier molecular flexibility index (Phi) is 6.96. The van der Waals surface area contributed by atoms with E-state index in [0.29, 0.717) is 16.5 Å². The molecule has 2 rings (SSSR count). The molecule has 1 heterocycles. The van der Waals surface area contributed by atoms with Crippen molar-refractivity contribution in [2.24, 2.45) is 0 Å². The number of benzene rings is 1. The summed E-state index contributed by atoms with van der Waals surface area (Å²) in [4.78, 5) is 4.75. The molecule has 23 heavy (non-hydrogen) atoms. The number of halogens is 1. The molecule has 0 aromatic heterocycles. The topological polar surface area (TPSA) is 45.2 Å². The van der Waals surface area contributed by atoms with E-state index in [9.17, 15) is 5.11 Å². The van der Waals surface area contributed by atoms with E-state index in [1.165, 1.54) is 0 Å². The van der Waals surface area contributed by atoms with Crippen molar-refractivity contribution in [2.75, 3.05) is 47.0 Å². The lowest BCUT2D eigenvalue weighted by atomic mass is 10.1. The lowest BCUT2D eigenvalue weighted by molar-refractivity contribution is 0.0608. The molecule has 6 heteroatoms. The van der Waals surface area contributed by atoms with Gasteiger partial charge in [0.15, 0.2) is 11.5 Å². The predicted octanol–water partition coefficient (Wildman–Crippen LogP) is 2.25.